The summed E-state index contributed by atoms with van der Waals surface area (Å²) in [6, 6.07) is 6.30. The molecule has 1 aliphatic carbocycles. The van der Waals surface area contributed by atoms with Gasteiger partial charge in [-0.05, 0) is 35.4 Å². The summed E-state index contributed by atoms with van der Waals surface area (Å²) < 4.78 is 5.38. The van der Waals surface area contributed by atoms with Crippen molar-refractivity contribution in [2.24, 2.45) is 0 Å². The number of aliphatic hydroxyl groups is 1. The summed E-state index contributed by atoms with van der Waals surface area (Å²) in [5.74, 6) is 0.887. The zero-order chi connectivity index (χ0) is 12.7. The van der Waals surface area contributed by atoms with Gasteiger partial charge in [0.15, 0.2) is 0 Å². The van der Waals surface area contributed by atoms with Crippen LogP contribution in [0.4, 0.5) is 0 Å². The molecule has 0 bridgehead atoms. The first kappa shape index (κ1) is 12.4. The highest BCUT2D eigenvalue weighted by Gasteiger charge is 2.40. The Kier molecular flexibility index (Phi) is 2.94. The van der Waals surface area contributed by atoms with E-state index in [1.165, 1.54) is 5.56 Å². The molecule has 0 aromatic heterocycles. The van der Waals surface area contributed by atoms with Crippen LogP contribution in [-0.4, -0.2) is 17.8 Å². The fourth-order valence-electron chi connectivity index (χ4n) is 2.06. The van der Waals surface area contributed by atoms with Crippen molar-refractivity contribution in [2.75, 3.05) is 7.11 Å². The van der Waals surface area contributed by atoms with Crippen molar-refractivity contribution in [3.8, 4) is 5.75 Å². The molecule has 0 heterocycles. The third-order valence-electron chi connectivity index (χ3n) is 3.49. The van der Waals surface area contributed by atoms with Gasteiger partial charge in [0.25, 0.3) is 0 Å². The minimum atomic E-state index is -0.468. The summed E-state index contributed by atoms with van der Waals surface area (Å²) in [6.07, 6.45) is 2.53. The van der Waals surface area contributed by atoms with Gasteiger partial charge in [0.05, 0.1) is 12.7 Å². The number of hydrogen-bond acceptors (Lipinski definition) is 2. The van der Waals surface area contributed by atoms with Crippen LogP contribution in [0, 0.1) is 0 Å². The number of hydrogen-bond donors (Lipinski definition) is 1. The van der Waals surface area contributed by atoms with Crippen molar-refractivity contribution < 1.29 is 9.84 Å². The lowest BCUT2D eigenvalue weighted by molar-refractivity contribution is 0.150. The number of benzene rings is 1. The second kappa shape index (κ2) is 4.02. The van der Waals surface area contributed by atoms with E-state index in [2.05, 4.69) is 32.9 Å². The van der Waals surface area contributed by atoms with Crippen LogP contribution < -0.4 is 4.74 Å². The van der Waals surface area contributed by atoms with E-state index in [0.29, 0.717) is 6.42 Å². The van der Waals surface area contributed by atoms with E-state index in [0.717, 1.165) is 24.2 Å². The first-order valence-electron chi connectivity index (χ1n) is 6.24. The fourth-order valence-corrected chi connectivity index (χ4v) is 2.06. The Morgan fingerprint density at radius 1 is 1.29 bits per heavy atom. The molecule has 94 valence electrons. The topological polar surface area (TPSA) is 29.5 Å². The molecule has 1 aromatic rings. The van der Waals surface area contributed by atoms with Gasteiger partial charge in [-0.2, -0.15) is 0 Å². The van der Waals surface area contributed by atoms with E-state index in [-0.39, 0.29) is 5.41 Å². The third-order valence-corrected chi connectivity index (χ3v) is 3.49. The smallest absolute Gasteiger partial charge is 0.122 e. The van der Waals surface area contributed by atoms with E-state index in [4.69, 9.17) is 4.74 Å². The predicted molar refractivity (Wildman–Crippen MR) is 69.6 cm³/mol. The highest BCUT2D eigenvalue weighted by atomic mass is 16.5. The van der Waals surface area contributed by atoms with Crippen molar-refractivity contribution in [3.05, 3.63) is 29.3 Å². The zero-order valence-electron chi connectivity index (χ0n) is 11.2. The highest BCUT2D eigenvalue weighted by Crippen LogP contribution is 2.40. The predicted octanol–water partition coefficient (Wildman–Crippen LogP) is 3.06. The summed E-state index contributed by atoms with van der Waals surface area (Å²) in [7, 11) is 1.69. The lowest BCUT2D eigenvalue weighted by Crippen LogP contribution is -2.15. The van der Waals surface area contributed by atoms with Gasteiger partial charge in [-0.15, -0.1) is 0 Å². The van der Waals surface area contributed by atoms with E-state index in [9.17, 15) is 5.11 Å². The first-order chi connectivity index (χ1) is 7.84. The molecule has 0 unspecified atom stereocenters. The van der Waals surface area contributed by atoms with E-state index < -0.39 is 5.60 Å². The van der Waals surface area contributed by atoms with E-state index in [1.807, 2.05) is 6.07 Å². The normalized spacial score (nSPS) is 17.9. The van der Waals surface area contributed by atoms with Crippen LogP contribution in [-0.2, 0) is 11.8 Å². The van der Waals surface area contributed by atoms with Gasteiger partial charge < -0.3 is 9.84 Å². The Balaban J connectivity index is 2.32. The minimum absolute atomic E-state index is 0.132. The SMILES string of the molecule is COc1ccc(C(C)(C)C)cc1CC1(O)CC1. The Morgan fingerprint density at radius 2 is 1.94 bits per heavy atom. The summed E-state index contributed by atoms with van der Waals surface area (Å²) in [6.45, 7) is 6.60. The second-order valence-corrected chi connectivity index (χ2v) is 6.18. The molecule has 2 nitrogen and oxygen atoms in total. The Hall–Kier alpha value is -1.02. The van der Waals surface area contributed by atoms with Crippen molar-refractivity contribution >= 4 is 0 Å². The zero-order valence-corrected chi connectivity index (χ0v) is 11.2. The number of rotatable bonds is 3. The highest BCUT2D eigenvalue weighted by molar-refractivity contribution is 5.41. The van der Waals surface area contributed by atoms with Crippen LogP contribution in [0.2, 0.25) is 0 Å². The van der Waals surface area contributed by atoms with Gasteiger partial charge in [-0.1, -0.05) is 32.9 Å². The average Bonchev–Trinajstić information content (AvgIpc) is 2.94. The van der Waals surface area contributed by atoms with Crippen molar-refractivity contribution in [3.63, 3.8) is 0 Å². The van der Waals surface area contributed by atoms with Crippen molar-refractivity contribution in [1.82, 2.24) is 0 Å². The summed E-state index contributed by atoms with van der Waals surface area (Å²) in [4.78, 5) is 0. The molecule has 0 aliphatic heterocycles. The maximum atomic E-state index is 10.0. The summed E-state index contributed by atoms with van der Waals surface area (Å²) in [5.41, 5.74) is 2.08. The molecule has 0 radical (unpaired) electrons. The van der Waals surface area contributed by atoms with Crippen molar-refractivity contribution in [1.29, 1.82) is 0 Å². The Labute approximate surface area is 104 Å². The number of methoxy groups -OCH3 is 1. The first-order valence-corrected chi connectivity index (χ1v) is 6.24. The fraction of sp³-hybridized carbons (Fsp3) is 0.600. The largest absolute Gasteiger partial charge is 0.496 e. The quantitative estimate of drug-likeness (QED) is 0.871. The van der Waals surface area contributed by atoms with Crippen LogP contribution in [0.3, 0.4) is 0 Å². The monoisotopic (exact) mass is 234 g/mol. The maximum absolute atomic E-state index is 10.0. The lowest BCUT2D eigenvalue weighted by Gasteiger charge is -2.22. The average molecular weight is 234 g/mol. The van der Waals surface area contributed by atoms with Gasteiger partial charge in [-0.25, -0.2) is 0 Å². The lowest BCUT2D eigenvalue weighted by atomic mass is 9.85. The molecule has 2 rings (SSSR count). The third kappa shape index (κ3) is 2.81. The number of ether oxygens (including phenoxy) is 1. The summed E-state index contributed by atoms with van der Waals surface area (Å²) in [5, 5.41) is 10.0. The molecular weight excluding hydrogens is 212 g/mol. The Bertz CT molecular complexity index is 411. The van der Waals surface area contributed by atoms with Crippen molar-refractivity contribution in [2.45, 2.75) is 51.0 Å². The van der Waals surface area contributed by atoms with Gasteiger partial charge in [0.2, 0.25) is 0 Å². The Morgan fingerprint density at radius 3 is 2.41 bits per heavy atom. The molecule has 1 aliphatic rings. The molecule has 0 amide bonds. The van der Waals surface area contributed by atoms with Crippen LogP contribution in [0.1, 0.15) is 44.7 Å². The van der Waals surface area contributed by atoms with Gasteiger partial charge >= 0.3 is 0 Å². The van der Waals surface area contributed by atoms with E-state index in [1.54, 1.807) is 7.11 Å². The second-order valence-electron chi connectivity index (χ2n) is 6.18. The molecule has 0 saturated heterocycles. The van der Waals surface area contributed by atoms with Crippen LogP contribution in [0.15, 0.2) is 18.2 Å². The molecule has 1 saturated carbocycles. The standard InChI is InChI=1S/C15H22O2/c1-14(2,3)12-5-6-13(17-4)11(9-12)10-15(16)7-8-15/h5-6,9,16H,7-8,10H2,1-4H3. The molecule has 0 spiro atoms. The molecular formula is C15H22O2. The van der Waals surface area contributed by atoms with Gasteiger partial charge in [0, 0.05) is 6.42 Å². The summed E-state index contributed by atoms with van der Waals surface area (Å²) >= 11 is 0. The minimum Gasteiger partial charge on any atom is -0.496 e. The molecule has 0 atom stereocenters. The molecule has 17 heavy (non-hydrogen) atoms. The van der Waals surface area contributed by atoms with Gasteiger partial charge in [0.1, 0.15) is 5.75 Å². The molecule has 1 aromatic carbocycles. The molecule has 1 fully saturated rings. The maximum Gasteiger partial charge on any atom is 0.122 e. The van der Waals surface area contributed by atoms with Crippen LogP contribution >= 0.6 is 0 Å². The molecule has 1 N–H and O–H groups in total. The van der Waals surface area contributed by atoms with Crippen LogP contribution in [0.25, 0.3) is 0 Å². The van der Waals surface area contributed by atoms with Gasteiger partial charge in [-0.3, -0.25) is 0 Å². The van der Waals surface area contributed by atoms with Crippen LogP contribution in [0.5, 0.6) is 5.75 Å². The van der Waals surface area contributed by atoms with E-state index >= 15 is 0 Å². The molecule has 2 heteroatoms.